The van der Waals surface area contributed by atoms with Gasteiger partial charge >= 0.3 is 0 Å². The Hall–Kier alpha value is -2.00. The van der Waals surface area contributed by atoms with E-state index in [9.17, 15) is 0 Å². The van der Waals surface area contributed by atoms with Crippen LogP contribution in [0.1, 0.15) is 29.0 Å². The lowest BCUT2D eigenvalue weighted by molar-refractivity contribution is -0.872. The van der Waals surface area contributed by atoms with Gasteiger partial charge in [0.25, 0.3) is 0 Å². The van der Waals surface area contributed by atoms with Gasteiger partial charge in [-0.05, 0) is 36.2 Å². The molecule has 0 spiro atoms. The van der Waals surface area contributed by atoms with E-state index in [2.05, 4.69) is 43.1 Å². The first-order valence-electron chi connectivity index (χ1n) is 11.5. The van der Waals surface area contributed by atoms with Gasteiger partial charge in [-0.25, -0.2) is 4.98 Å². The molecule has 0 saturated heterocycles. The fraction of sp³-hybridized carbons (Fsp3) is 0.276. The Balaban J connectivity index is 0.00000342. The molecule has 0 aliphatic carbocycles. The van der Waals surface area contributed by atoms with Gasteiger partial charge in [-0.15, -0.1) is 24.0 Å². The number of rotatable bonds is 8. The van der Waals surface area contributed by atoms with Gasteiger partial charge in [-0.2, -0.15) is 0 Å². The van der Waals surface area contributed by atoms with Gasteiger partial charge in [0.05, 0.1) is 40.3 Å². The summed E-state index contributed by atoms with van der Waals surface area (Å²) in [5.41, 5.74) is 1.94. The molecule has 4 rings (SSSR count). The Bertz CT molecular complexity index is 1260. The monoisotopic (exact) mass is 646 g/mol. The Kier molecular flexibility index (Phi) is 8.96. The van der Waals surface area contributed by atoms with Crippen LogP contribution < -0.4 is 9.84 Å². The normalized spacial score (nSPS) is 14.1. The van der Waals surface area contributed by atoms with E-state index >= 15 is 5.11 Å². The largest absolute Gasteiger partial charge is 0.845 e. The standard InChI is InChI=1S/C29H31BrN2O2.HI/c1-32(2,3)18-17-29(33,23-13-9-6-10-14-23)27(21-11-7-5-8-12-21)25-20-22-19-24(30)15-16-26(22)31-28(25)34-4;/h5-16,19-20,27H,17-18H2,1-4H3;1H. The number of hydrogen-bond acceptors (Lipinski definition) is 3. The van der Waals surface area contributed by atoms with Crippen molar-refractivity contribution in [1.82, 2.24) is 4.98 Å². The molecule has 2 unspecified atom stereocenters. The van der Waals surface area contributed by atoms with Crippen LogP contribution in [0, 0.1) is 0 Å². The van der Waals surface area contributed by atoms with E-state index in [1.165, 1.54) is 0 Å². The first-order valence-corrected chi connectivity index (χ1v) is 12.3. The SMILES string of the molecule is COc1nc2ccc(Br)cc2cc1C(c1ccccc1)C([O-])(CC[N+](C)(C)C)c1ccccc1.I. The van der Waals surface area contributed by atoms with Crippen molar-refractivity contribution in [3.8, 4) is 5.88 Å². The molecule has 184 valence electrons. The molecule has 0 amide bonds. The zero-order valence-corrected chi connectivity index (χ0v) is 24.5. The third kappa shape index (κ3) is 6.23. The van der Waals surface area contributed by atoms with Gasteiger partial charge < -0.3 is 14.3 Å². The maximum Gasteiger partial charge on any atom is 0.217 e. The second-order valence-electron chi connectivity index (χ2n) is 9.79. The number of quaternary nitrogens is 1. The molecule has 4 aromatic rings. The average Bonchev–Trinajstić information content (AvgIpc) is 2.83. The van der Waals surface area contributed by atoms with Crippen molar-refractivity contribution >= 4 is 50.8 Å². The fourth-order valence-electron chi connectivity index (χ4n) is 4.54. The van der Waals surface area contributed by atoms with E-state index in [1.54, 1.807) is 7.11 Å². The maximum absolute atomic E-state index is 15.2. The van der Waals surface area contributed by atoms with Gasteiger partial charge in [0.15, 0.2) is 0 Å². The van der Waals surface area contributed by atoms with Crippen molar-refractivity contribution < 1.29 is 14.3 Å². The third-order valence-corrected chi connectivity index (χ3v) is 6.78. The Morgan fingerprint density at radius 2 is 1.57 bits per heavy atom. The van der Waals surface area contributed by atoms with Crippen LogP contribution in [0.3, 0.4) is 0 Å². The van der Waals surface area contributed by atoms with Crippen LogP contribution in [0.15, 0.2) is 89.4 Å². The number of methoxy groups -OCH3 is 1. The molecule has 3 aromatic carbocycles. The van der Waals surface area contributed by atoms with Crippen molar-refractivity contribution in [1.29, 1.82) is 0 Å². The summed E-state index contributed by atoms with van der Waals surface area (Å²) in [6, 6.07) is 27.8. The highest BCUT2D eigenvalue weighted by Crippen LogP contribution is 2.45. The van der Waals surface area contributed by atoms with Crippen LogP contribution >= 0.6 is 39.9 Å². The number of aromatic nitrogens is 1. The molecule has 0 bridgehead atoms. The molecule has 2 atom stereocenters. The lowest BCUT2D eigenvalue weighted by atomic mass is 9.71. The number of nitrogens with zero attached hydrogens (tertiary/aromatic N) is 2. The molecule has 1 aromatic heterocycles. The Morgan fingerprint density at radius 1 is 0.943 bits per heavy atom. The highest BCUT2D eigenvalue weighted by atomic mass is 127. The third-order valence-electron chi connectivity index (χ3n) is 6.29. The second kappa shape index (κ2) is 11.4. The minimum Gasteiger partial charge on any atom is -0.845 e. The number of benzene rings is 3. The highest BCUT2D eigenvalue weighted by Gasteiger charge is 2.36. The van der Waals surface area contributed by atoms with Gasteiger partial charge in [0.1, 0.15) is 0 Å². The van der Waals surface area contributed by atoms with Crippen LogP contribution in [-0.2, 0) is 5.60 Å². The molecule has 0 fully saturated rings. The van der Waals surface area contributed by atoms with Crippen molar-refractivity contribution in [3.05, 3.63) is 106 Å². The minimum atomic E-state index is -1.43. The van der Waals surface area contributed by atoms with Crippen molar-refractivity contribution in [3.63, 3.8) is 0 Å². The summed E-state index contributed by atoms with van der Waals surface area (Å²) < 4.78 is 7.47. The zero-order chi connectivity index (χ0) is 24.3. The first kappa shape index (κ1) is 27.6. The van der Waals surface area contributed by atoms with Crippen LogP contribution in [0.4, 0.5) is 0 Å². The van der Waals surface area contributed by atoms with Crippen LogP contribution in [0.5, 0.6) is 5.88 Å². The first-order chi connectivity index (χ1) is 16.2. The molecule has 35 heavy (non-hydrogen) atoms. The molecule has 0 radical (unpaired) electrons. The number of fused-ring (bicyclic) bond motifs is 1. The summed E-state index contributed by atoms with van der Waals surface area (Å²) in [5.74, 6) is -0.00133. The summed E-state index contributed by atoms with van der Waals surface area (Å²) in [5, 5.41) is 16.2. The second-order valence-corrected chi connectivity index (χ2v) is 10.7. The van der Waals surface area contributed by atoms with E-state index in [0.29, 0.717) is 16.8 Å². The van der Waals surface area contributed by atoms with E-state index in [4.69, 9.17) is 9.72 Å². The molecule has 1 heterocycles. The summed E-state index contributed by atoms with van der Waals surface area (Å²) >= 11 is 3.57. The molecule has 6 heteroatoms. The number of ether oxygens (including phenoxy) is 1. The summed E-state index contributed by atoms with van der Waals surface area (Å²) in [6.07, 6.45) is 0.458. The highest BCUT2D eigenvalue weighted by molar-refractivity contribution is 14.0. The average molecular weight is 647 g/mol. The number of hydrogen-bond donors (Lipinski definition) is 0. The lowest BCUT2D eigenvalue weighted by Crippen LogP contribution is -2.50. The van der Waals surface area contributed by atoms with Crippen molar-refractivity contribution in [2.45, 2.75) is 17.9 Å². The Morgan fingerprint density at radius 3 is 2.17 bits per heavy atom. The van der Waals surface area contributed by atoms with E-state index in [0.717, 1.165) is 38.6 Å². The van der Waals surface area contributed by atoms with Gasteiger partial charge in [0.2, 0.25) is 5.88 Å². The van der Waals surface area contributed by atoms with E-state index in [1.807, 2.05) is 78.9 Å². The number of pyridine rings is 1. The van der Waals surface area contributed by atoms with Crippen LogP contribution in [0.2, 0.25) is 0 Å². The fourth-order valence-corrected chi connectivity index (χ4v) is 4.92. The van der Waals surface area contributed by atoms with Crippen molar-refractivity contribution in [2.24, 2.45) is 0 Å². The summed E-state index contributed by atoms with van der Waals surface area (Å²) in [4.78, 5) is 4.81. The zero-order valence-electron chi connectivity index (χ0n) is 20.6. The summed E-state index contributed by atoms with van der Waals surface area (Å²) in [6.45, 7) is 0.733. The van der Waals surface area contributed by atoms with Crippen LogP contribution in [-0.4, -0.2) is 44.3 Å². The van der Waals surface area contributed by atoms with Crippen LogP contribution in [0.25, 0.3) is 10.9 Å². The Labute approximate surface area is 233 Å². The quantitative estimate of drug-likeness (QED) is 0.172. The molecule has 0 aliphatic heterocycles. The molecule has 0 aliphatic rings. The number of halogens is 2. The molecular weight excluding hydrogens is 615 g/mol. The molecular formula is C29H32BrIN2O2. The maximum atomic E-state index is 15.2. The topological polar surface area (TPSA) is 45.2 Å². The smallest absolute Gasteiger partial charge is 0.217 e. The summed E-state index contributed by atoms with van der Waals surface area (Å²) in [7, 11) is 8.00. The predicted molar refractivity (Wildman–Crippen MR) is 155 cm³/mol. The van der Waals surface area contributed by atoms with E-state index in [-0.39, 0.29) is 24.0 Å². The van der Waals surface area contributed by atoms with Gasteiger partial charge in [0, 0.05) is 21.3 Å². The molecule has 0 N–H and O–H groups in total. The molecule has 0 saturated carbocycles. The molecule has 4 nitrogen and oxygen atoms in total. The van der Waals surface area contributed by atoms with E-state index < -0.39 is 11.5 Å². The van der Waals surface area contributed by atoms with Gasteiger partial charge in [-0.1, -0.05) is 87.8 Å². The lowest BCUT2D eigenvalue weighted by Gasteiger charge is -2.49. The minimum absolute atomic E-state index is 0. The van der Waals surface area contributed by atoms with Gasteiger partial charge in [-0.3, -0.25) is 0 Å². The predicted octanol–water partition coefficient (Wildman–Crippen LogP) is 6.11. The van der Waals surface area contributed by atoms with Crippen molar-refractivity contribution in [2.75, 3.05) is 34.8 Å².